The molecule has 1 aliphatic rings. The zero-order valence-corrected chi connectivity index (χ0v) is 15.6. The first-order valence-corrected chi connectivity index (χ1v) is 9.29. The van der Waals surface area contributed by atoms with E-state index in [-0.39, 0.29) is 18.5 Å². The molecule has 8 heteroatoms. The van der Waals surface area contributed by atoms with Crippen LogP contribution < -0.4 is 19.6 Å². The number of nitrogens with one attached hydrogen (secondary N) is 1. The van der Waals surface area contributed by atoms with E-state index in [0.717, 1.165) is 4.90 Å². The molecule has 0 saturated heterocycles. The average molecular weight is 393 g/mol. The van der Waals surface area contributed by atoms with Crippen LogP contribution in [-0.4, -0.2) is 31.3 Å². The van der Waals surface area contributed by atoms with Crippen molar-refractivity contribution in [3.63, 3.8) is 0 Å². The Morgan fingerprint density at radius 1 is 1.31 bits per heavy atom. The van der Waals surface area contributed by atoms with Gasteiger partial charge in [-0.05, 0) is 37.3 Å². The van der Waals surface area contributed by atoms with Crippen LogP contribution in [0.4, 0.5) is 0 Å². The number of thioether (sulfide) groups is 1. The molecule has 136 valence electrons. The number of amides is 1. The Balaban J connectivity index is 1.57. The van der Waals surface area contributed by atoms with Crippen LogP contribution in [0, 0.1) is 0 Å². The summed E-state index contributed by atoms with van der Waals surface area (Å²) in [7, 11) is 0. The maximum absolute atomic E-state index is 11.9. The lowest BCUT2D eigenvalue weighted by molar-refractivity contribution is -0.118. The minimum atomic E-state index is -0.208. The standard InChI is InChI=1S/C18H17ClN2O4S/c1-2-23-15-8-17-16(24-11-25-17)7-12(15)9-20-21-18(22)10-26-14-5-3-13(19)4-6-14/h3-9H,2,10-11H2,1H3,(H,21,22)/b20-9-. The van der Waals surface area contributed by atoms with Crippen molar-refractivity contribution >= 4 is 35.5 Å². The molecule has 2 aromatic rings. The molecule has 1 heterocycles. The first-order chi connectivity index (χ1) is 12.7. The lowest BCUT2D eigenvalue weighted by Gasteiger charge is -2.08. The second-order valence-corrected chi connectivity index (χ2v) is 6.70. The predicted molar refractivity (Wildman–Crippen MR) is 102 cm³/mol. The number of hydrazone groups is 1. The fourth-order valence-electron chi connectivity index (χ4n) is 2.21. The molecule has 0 spiro atoms. The molecule has 0 unspecified atom stereocenters. The Bertz CT molecular complexity index is 812. The molecule has 3 rings (SSSR count). The molecule has 0 aromatic heterocycles. The number of rotatable bonds is 7. The quantitative estimate of drug-likeness (QED) is 0.442. The molecule has 0 bridgehead atoms. The molecule has 1 aliphatic heterocycles. The minimum absolute atomic E-state index is 0.181. The van der Waals surface area contributed by atoms with Crippen molar-refractivity contribution in [2.45, 2.75) is 11.8 Å². The molecule has 0 fully saturated rings. The van der Waals surface area contributed by atoms with Gasteiger partial charge >= 0.3 is 0 Å². The molecule has 0 aliphatic carbocycles. The number of hydrogen-bond donors (Lipinski definition) is 1. The molecular formula is C18H17ClN2O4S. The van der Waals surface area contributed by atoms with Crippen LogP contribution in [0.5, 0.6) is 17.2 Å². The lowest BCUT2D eigenvalue weighted by atomic mass is 10.2. The van der Waals surface area contributed by atoms with Crippen molar-refractivity contribution in [3.05, 3.63) is 47.0 Å². The van der Waals surface area contributed by atoms with Crippen LogP contribution >= 0.6 is 23.4 Å². The van der Waals surface area contributed by atoms with E-state index in [0.29, 0.717) is 34.4 Å². The summed E-state index contributed by atoms with van der Waals surface area (Å²) in [5, 5.41) is 4.67. The zero-order chi connectivity index (χ0) is 18.4. The maximum Gasteiger partial charge on any atom is 0.250 e. The first-order valence-electron chi connectivity index (χ1n) is 7.92. The van der Waals surface area contributed by atoms with Crippen LogP contribution in [0.1, 0.15) is 12.5 Å². The normalized spacial score (nSPS) is 12.4. The Kier molecular flexibility index (Phi) is 6.25. The summed E-state index contributed by atoms with van der Waals surface area (Å²) in [4.78, 5) is 12.9. The second-order valence-electron chi connectivity index (χ2n) is 5.21. The van der Waals surface area contributed by atoms with E-state index in [4.69, 9.17) is 25.8 Å². The van der Waals surface area contributed by atoms with Gasteiger partial charge in [0.2, 0.25) is 12.7 Å². The summed E-state index contributed by atoms with van der Waals surface area (Å²) in [6.07, 6.45) is 1.53. The smallest absolute Gasteiger partial charge is 0.250 e. The van der Waals surface area contributed by atoms with Gasteiger partial charge in [-0.15, -0.1) is 11.8 Å². The zero-order valence-electron chi connectivity index (χ0n) is 14.0. The van der Waals surface area contributed by atoms with Gasteiger partial charge in [0.05, 0.1) is 18.6 Å². The monoisotopic (exact) mass is 392 g/mol. The van der Waals surface area contributed by atoms with Gasteiger partial charge in [0.1, 0.15) is 5.75 Å². The number of nitrogens with zero attached hydrogens (tertiary/aromatic N) is 1. The third-order valence-electron chi connectivity index (χ3n) is 3.38. The van der Waals surface area contributed by atoms with E-state index in [9.17, 15) is 4.79 Å². The lowest BCUT2D eigenvalue weighted by Crippen LogP contribution is -2.19. The van der Waals surface area contributed by atoms with Crippen molar-refractivity contribution in [1.82, 2.24) is 5.43 Å². The van der Waals surface area contributed by atoms with Gasteiger partial charge in [0, 0.05) is 21.5 Å². The van der Waals surface area contributed by atoms with E-state index in [2.05, 4.69) is 10.5 Å². The van der Waals surface area contributed by atoms with Gasteiger partial charge in [0.15, 0.2) is 11.5 Å². The van der Waals surface area contributed by atoms with E-state index in [1.54, 1.807) is 24.3 Å². The number of benzene rings is 2. The number of carbonyl (C=O) groups is 1. The van der Waals surface area contributed by atoms with Crippen LogP contribution in [0.2, 0.25) is 5.02 Å². The third kappa shape index (κ3) is 4.83. The molecule has 6 nitrogen and oxygen atoms in total. The maximum atomic E-state index is 11.9. The molecular weight excluding hydrogens is 376 g/mol. The van der Waals surface area contributed by atoms with Gasteiger partial charge < -0.3 is 14.2 Å². The van der Waals surface area contributed by atoms with Crippen molar-refractivity contribution < 1.29 is 19.0 Å². The van der Waals surface area contributed by atoms with Gasteiger partial charge in [-0.2, -0.15) is 5.10 Å². The fourth-order valence-corrected chi connectivity index (χ4v) is 3.02. The summed E-state index contributed by atoms with van der Waals surface area (Å²) >= 11 is 7.24. The highest BCUT2D eigenvalue weighted by Crippen LogP contribution is 2.37. The Morgan fingerprint density at radius 2 is 2.04 bits per heavy atom. The van der Waals surface area contributed by atoms with Gasteiger partial charge in [-0.1, -0.05) is 11.6 Å². The fraction of sp³-hybridized carbons (Fsp3) is 0.222. The molecule has 1 amide bonds. The minimum Gasteiger partial charge on any atom is -0.493 e. The summed E-state index contributed by atoms with van der Waals surface area (Å²) in [5.74, 6) is 1.91. The van der Waals surface area contributed by atoms with Crippen molar-refractivity contribution in [2.24, 2.45) is 5.10 Å². The summed E-state index contributed by atoms with van der Waals surface area (Å²) in [6, 6.07) is 10.8. The largest absolute Gasteiger partial charge is 0.493 e. The van der Waals surface area contributed by atoms with Gasteiger partial charge in [-0.25, -0.2) is 5.43 Å². The molecule has 2 aromatic carbocycles. The molecule has 0 atom stereocenters. The number of hydrogen-bond acceptors (Lipinski definition) is 6. The Morgan fingerprint density at radius 3 is 2.77 bits per heavy atom. The van der Waals surface area contributed by atoms with Gasteiger partial charge in [0.25, 0.3) is 0 Å². The molecule has 0 radical (unpaired) electrons. The first kappa shape index (κ1) is 18.4. The molecule has 1 N–H and O–H groups in total. The highest BCUT2D eigenvalue weighted by atomic mass is 35.5. The van der Waals surface area contributed by atoms with E-state index in [1.165, 1.54) is 18.0 Å². The number of ether oxygens (including phenoxy) is 3. The van der Waals surface area contributed by atoms with Gasteiger partial charge in [-0.3, -0.25) is 4.79 Å². The SMILES string of the molecule is CCOc1cc2c(cc1/C=N\NC(=O)CSc1ccc(Cl)cc1)OCO2. The summed E-state index contributed by atoms with van der Waals surface area (Å²) in [6.45, 7) is 2.58. The number of halogens is 1. The van der Waals surface area contributed by atoms with Crippen LogP contribution in [0.25, 0.3) is 0 Å². The Labute approximate surface area is 160 Å². The topological polar surface area (TPSA) is 69.2 Å². The van der Waals surface area contributed by atoms with Crippen molar-refractivity contribution in [2.75, 3.05) is 19.2 Å². The highest BCUT2D eigenvalue weighted by molar-refractivity contribution is 8.00. The number of carbonyl (C=O) groups excluding carboxylic acids is 1. The van der Waals surface area contributed by atoms with Crippen molar-refractivity contribution in [1.29, 1.82) is 0 Å². The summed E-state index contributed by atoms with van der Waals surface area (Å²) < 4.78 is 16.3. The third-order valence-corrected chi connectivity index (χ3v) is 4.65. The average Bonchev–Trinajstić information content (AvgIpc) is 3.09. The van der Waals surface area contributed by atoms with Crippen LogP contribution in [0.3, 0.4) is 0 Å². The van der Waals surface area contributed by atoms with Crippen LogP contribution in [-0.2, 0) is 4.79 Å². The summed E-state index contributed by atoms with van der Waals surface area (Å²) in [5.41, 5.74) is 3.20. The molecule has 0 saturated carbocycles. The predicted octanol–water partition coefficient (Wildman–Crippen LogP) is 3.71. The van der Waals surface area contributed by atoms with E-state index in [1.807, 2.05) is 19.1 Å². The molecule has 26 heavy (non-hydrogen) atoms. The number of fused-ring (bicyclic) bond motifs is 1. The van der Waals surface area contributed by atoms with Crippen molar-refractivity contribution in [3.8, 4) is 17.2 Å². The van der Waals surface area contributed by atoms with E-state index >= 15 is 0 Å². The van der Waals surface area contributed by atoms with E-state index < -0.39 is 0 Å². The Hall–Kier alpha value is -2.38. The van der Waals surface area contributed by atoms with Crippen LogP contribution in [0.15, 0.2) is 46.4 Å². The highest BCUT2D eigenvalue weighted by Gasteiger charge is 2.17. The second kappa shape index (κ2) is 8.82.